The first-order chi connectivity index (χ1) is 11.5. The zero-order valence-corrected chi connectivity index (χ0v) is 16.0. The van der Waals surface area contributed by atoms with Crippen LogP contribution in [0.5, 0.6) is 5.75 Å². The molecule has 1 fully saturated rings. The second-order valence-electron chi connectivity index (χ2n) is 5.92. The van der Waals surface area contributed by atoms with Gasteiger partial charge in [0.2, 0.25) is 0 Å². The van der Waals surface area contributed by atoms with E-state index in [-0.39, 0.29) is 12.3 Å². The van der Waals surface area contributed by atoms with Crippen LogP contribution in [0.25, 0.3) is 0 Å². The van der Waals surface area contributed by atoms with Crippen molar-refractivity contribution >= 4 is 33.2 Å². The molecule has 0 radical (unpaired) electrons. The van der Waals surface area contributed by atoms with Crippen molar-refractivity contribution in [2.75, 3.05) is 32.1 Å². The number of benzene rings is 2. The number of anilines is 1. The van der Waals surface area contributed by atoms with Crippen LogP contribution in [0.4, 0.5) is 5.69 Å². The lowest BCUT2D eigenvalue weighted by Gasteiger charge is -2.16. The van der Waals surface area contributed by atoms with Crippen LogP contribution in [-0.4, -0.2) is 33.4 Å². The average molecular weight is 412 g/mol. The van der Waals surface area contributed by atoms with Gasteiger partial charge in [-0.3, -0.25) is 5.32 Å². The molecule has 2 aromatic carbocycles. The molecule has 128 valence electrons. The Kier molecular flexibility index (Phi) is 5.66. The second kappa shape index (κ2) is 7.74. The van der Waals surface area contributed by atoms with Gasteiger partial charge in [-0.1, -0.05) is 39.7 Å². The summed E-state index contributed by atoms with van der Waals surface area (Å²) in [4.78, 5) is 2.07. The number of rotatable bonds is 5. The number of halogens is 2. The third kappa shape index (κ3) is 4.22. The lowest BCUT2D eigenvalue weighted by Crippen LogP contribution is -2.22. The van der Waals surface area contributed by atoms with Crippen molar-refractivity contribution in [3.63, 3.8) is 0 Å². The first-order valence-corrected chi connectivity index (χ1v) is 8.94. The zero-order valence-electron chi connectivity index (χ0n) is 13.6. The maximum atomic E-state index is 6.16. The summed E-state index contributed by atoms with van der Waals surface area (Å²) in [5.74, 6) is 0.669. The van der Waals surface area contributed by atoms with Crippen LogP contribution in [0.1, 0.15) is 11.8 Å². The Hall–Kier alpha value is -1.27. The summed E-state index contributed by atoms with van der Waals surface area (Å²) < 4.78 is 12.7. The molecule has 3 rings (SSSR count). The molecule has 1 aliphatic rings. The van der Waals surface area contributed by atoms with Gasteiger partial charge < -0.3 is 14.4 Å². The first kappa shape index (κ1) is 17.5. The molecule has 0 spiro atoms. The van der Waals surface area contributed by atoms with Gasteiger partial charge in [-0.05, 0) is 35.9 Å². The zero-order chi connectivity index (χ0) is 17.1. The molecule has 0 amide bonds. The highest BCUT2D eigenvalue weighted by molar-refractivity contribution is 9.10. The van der Waals surface area contributed by atoms with Gasteiger partial charge in [0.15, 0.2) is 0 Å². The fraction of sp³-hybridized carbons (Fsp3) is 0.333. The van der Waals surface area contributed by atoms with Gasteiger partial charge in [-0.25, -0.2) is 0 Å². The summed E-state index contributed by atoms with van der Waals surface area (Å²) in [5.41, 5.74) is 2.28. The molecule has 0 saturated carbocycles. The number of nitrogens with one attached hydrogen (secondary N) is 1. The van der Waals surface area contributed by atoms with Crippen LogP contribution >= 0.6 is 27.5 Å². The maximum Gasteiger partial charge on any atom is 0.138 e. The molecule has 2 atom stereocenters. The maximum absolute atomic E-state index is 6.16. The predicted octanol–water partition coefficient (Wildman–Crippen LogP) is 4.23. The van der Waals surface area contributed by atoms with E-state index >= 15 is 0 Å². The van der Waals surface area contributed by atoms with Gasteiger partial charge in [0, 0.05) is 30.8 Å². The van der Waals surface area contributed by atoms with E-state index in [4.69, 9.17) is 21.1 Å². The van der Waals surface area contributed by atoms with Gasteiger partial charge in [0.25, 0.3) is 0 Å². The van der Waals surface area contributed by atoms with E-state index in [9.17, 15) is 0 Å². The van der Waals surface area contributed by atoms with E-state index in [1.165, 1.54) is 5.69 Å². The first-order valence-electron chi connectivity index (χ1n) is 7.77. The minimum atomic E-state index is -0.102. The van der Waals surface area contributed by atoms with Crippen molar-refractivity contribution in [2.45, 2.75) is 12.3 Å². The molecule has 0 unspecified atom stereocenters. The lowest BCUT2D eigenvalue weighted by molar-refractivity contribution is 0.0159. The number of hydrogen-bond donors (Lipinski definition) is 1. The summed E-state index contributed by atoms with van der Waals surface area (Å²) in [6, 6.07) is 13.9. The Morgan fingerprint density at radius 1 is 1.25 bits per heavy atom. The summed E-state index contributed by atoms with van der Waals surface area (Å²) >= 11 is 9.55. The van der Waals surface area contributed by atoms with Crippen LogP contribution in [0, 0.1) is 0 Å². The van der Waals surface area contributed by atoms with Crippen molar-refractivity contribution in [2.24, 2.45) is 0 Å². The van der Waals surface area contributed by atoms with E-state index < -0.39 is 0 Å². The van der Waals surface area contributed by atoms with E-state index in [1.807, 2.05) is 32.3 Å². The number of ether oxygens (including phenoxy) is 2. The fourth-order valence-corrected chi connectivity index (χ4v) is 3.27. The molecule has 1 N–H and O–H groups in total. The summed E-state index contributed by atoms with van der Waals surface area (Å²) in [6.07, 6.45) is -0.113. The molecule has 0 aliphatic carbocycles. The van der Waals surface area contributed by atoms with Crippen LogP contribution in [0.2, 0.25) is 5.02 Å². The Balaban J connectivity index is 1.55. The minimum absolute atomic E-state index is 0.0109. The smallest absolute Gasteiger partial charge is 0.138 e. The molecule has 24 heavy (non-hydrogen) atoms. The van der Waals surface area contributed by atoms with Crippen LogP contribution in [-0.2, 0) is 4.74 Å². The predicted molar refractivity (Wildman–Crippen MR) is 101 cm³/mol. The monoisotopic (exact) mass is 410 g/mol. The van der Waals surface area contributed by atoms with Crippen LogP contribution in [0.15, 0.2) is 46.9 Å². The molecule has 1 heterocycles. The van der Waals surface area contributed by atoms with Crippen molar-refractivity contribution in [1.29, 1.82) is 0 Å². The highest BCUT2D eigenvalue weighted by Crippen LogP contribution is 2.29. The second-order valence-corrected chi connectivity index (χ2v) is 7.24. The summed E-state index contributed by atoms with van der Waals surface area (Å²) in [6.45, 7) is 1.20. The van der Waals surface area contributed by atoms with Gasteiger partial charge in [0.1, 0.15) is 24.7 Å². The fourth-order valence-electron chi connectivity index (χ4n) is 2.54. The molecule has 4 nitrogen and oxygen atoms in total. The molecule has 2 aromatic rings. The number of hydrogen-bond acceptors (Lipinski definition) is 4. The molecular formula is C18H20BrClN2O2. The van der Waals surface area contributed by atoms with Gasteiger partial charge in [0.05, 0.1) is 5.02 Å². The standard InChI is InChI=1S/C18H20BrClN2O2/c1-22(2)14-6-3-12(4-7-14)18-21-10-15(24-18)11-23-17-8-5-13(19)9-16(17)20/h3-9,15,18,21H,10-11H2,1-2H3/t15-,18+/m1/s1. The molecule has 0 bridgehead atoms. The average Bonchev–Trinajstić information content (AvgIpc) is 3.03. The molecule has 1 aliphatic heterocycles. The largest absolute Gasteiger partial charge is 0.489 e. The SMILES string of the molecule is CN(C)c1ccc([C@H]2NC[C@H](COc3ccc(Br)cc3Cl)O2)cc1. The van der Waals surface area contributed by atoms with E-state index in [1.54, 1.807) is 0 Å². The Morgan fingerprint density at radius 3 is 2.67 bits per heavy atom. The van der Waals surface area contributed by atoms with Crippen molar-refractivity contribution in [1.82, 2.24) is 5.32 Å². The minimum Gasteiger partial charge on any atom is -0.489 e. The summed E-state index contributed by atoms with van der Waals surface area (Å²) in [5, 5.41) is 3.96. The van der Waals surface area contributed by atoms with E-state index in [2.05, 4.69) is 50.4 Å². The molecule has 6 heteroatoms. The quantitative estimate of drug-likeness (QED) is 0.798. The third-order valence-corrected chi connectivity index (χ3v) is 4.68. The Bertz CT molecular complexity index is 694. The molecular weight excluding hydrogens is 392 g/mol. The lowest BCUT2D eigenvalue weighted by atomic mass is 10.2. The van der Waals surface area contributed by atoms with Crippen LogP contribution < -0.4 is 15.0 Å². The van der Waals surface area contributed by atoms with Gasteiger partial charge in [-0.2, -0.15) is 0 Å². The van der Waals surface area contributed by atoms with E-state index in [0.717, 1.165) is 16.6 Å². The highest BCUT2D eigenvalue weighted by Gasteiger charge is 2.26. The molecule has 0 aromatic heterocycles. The number of nitrogens with zero attached hydrogens (tertiary/aromatic N) is 1. The van der Waals surface area contributed by atoms with Crippen LogP contribution in [0.3, 0.4) is 0 Å². The summed E-state index contributed by atoms with van der Waals surface area (Å²) in [7, 11) is 4.06. The van der Waals surface area contributed by atoms with E-state index in [0.29, 0.717) is 17.4 Å². The van der Waals surface area contributed by atoms with Crippen molar-refractivity contribution in [3.8, 4) is 5.75 Å². The highest BCUT2D eigenvalue weighted by atomic mass is 79.9. The van der Waals surface area contributed by atoms with Crippen molar-refractivity contribution < 1.29 is 9.47 Å². The Labute approximate surface area is 155 Å². The van der Waals surface area contributed by atoms with Crippen molar-refractivity contribution in [3.05, 3.63) is 57.5 Å². The van der Waals surface area contributed by atoms with Gasteiger partial charge >= 0.3 is 0 Å². The third-order valence-electron chi connectivity index (χ3n) is 3.89. The normalized spacial score (nSPS) is 20.2. The Morgan fingerprint density at radius 2 is 2.00 bits per heavy atom. The topological polar surface area (TPSA) is 33.7 Å². The molecule has 1 saturated heterocycles. The van der Waals surface area contributed by atoms with Gasteiger partial charge in [-0.15, -0.1) is 0 Å².